The Bertz CT molecular complexity index is 429. The molecule has 0 amide bonds. The molecule has 0 aromatic heterocycles. The molecule has 0 saturated carbocycles. The van der Waals surface area contributed by atoms with Gasteiger partial charge in [0.15, 0.2) is 11.5 Å². The van der Waals surface area contributed by atoms with E-state index in [1.165, 1.54) is 0 Å². The van der Waals surface area contributed by atoms with Gasteiger partial charge in [0, 0.05) is 6.07 Å². The number of rotatable bonds is 0. The summed E-state index contributed by atoms with van der Waals surface area (Å²) in [5, 5.41) is -0.583. The van der Waals surface area contributed by atoms with Gasteiger partial charge in [0.2, 0.25) is 17.6 Å². The number of ether oxygens (including phenoxy) is 3. The molecule has 2 aliphatic heterocycles. The van der Waals surface area contributed by atoms with Crippen molar-refractivity contribution in [1.29, 1.82) is 0 Å². The minimum absolute atomic E-state index is 0.0849. The molecule has 0 fully saturated rings. The smallest absolute Gasteiger partial charge is 0.231 e. The van der Waals surface area contributed by atoms with Crippen LogP contribution in [0.25, 0.3) is 0 Å². The Morgan fingerprint density at radius 3 is 2.71 bits per heavy atom. The summed E-state index contributed by atoms with van der Waals surface area (Å²) in [4.78, 5) is 11.5. The fraction of sp³-hybridized carbons (Fsp3) is 0.222. The highest BCUT2D eigenvalue weighted by Crippen LogP contribution is 2.42. The second-order valence-electron chi connectivity index (χ2n) is 3.00. The Morgan fingerprint density at radius 2 is 1.93 bits per heavy atom. The van der Waals surface area contributed by atoms with E-state index in [0.717, 1.165) is 0 Å². The quantitative estimate of drug-likeness (QED) is 0.663. The van der Waals surface area contributed by atoms with Gasteiger partial charge in [0.25, 0.3) is 0 Å². The van der Waals surface area contributed by atoms with Gasteiger partial charge in [0.1, 0.15) is 5.75 Å². The Hall–Kier alpha value is -1.23. The predicted octanol–water partition coefficient (Wildman–Crippen LogP) is 1.71. The second kappa shape index (κ2) is 2.63. The van der Waals surface area contributed by atoms with Crippen molar-refractivity contribution < 1.29 is 19.0 Å². The Balaban J connectivity index is 2.17. The maximum absolute atomic E-state index is 11.5. The Kier molecular flexibility index (Phi) is 1.53. The first-order valence-electron chi connectivity index (χ1n) is 4.04. The first-order valence-corrected chi connectivity index (χ1v) is 4.96. The number of carbonyl (C=O) groups excluding carboxylic acids is 1. The third-order valence-electron chi connectivity index (χ3n) is 2.18. The molecule has 4 nitrogen and oxygen atoms in total. The summed E-state index contributed by atoms with van der Waals surface area (Å²) in [5.41, 5.74) is 0.538. The molecule has 0 spiro atoms. The van der Waals surface area contributed by atoms with Gasteiger partial charge in [-0.05, 0) is 22.0 Å². The summed E-state index contributed by atoms with van der Waals surface area (Å²) in [6, 6.07) is 3.33. The van der Waals surface area contributed by atoms with Crippen molar-refractivity contribution in [2.45, 2.75) is 5.01 Å². The maximum atomic E-state index is 11.5. The highest BCUT2D eigenvalue weighted by Gasteiger charge is 2.33. The van der Waals surface area contributed by atoms with Gasteiger partial charge in [-0.25, -0.2) is 0 Å². The highest BCUT2D eigenvalue weighted by molar-refractivity contribution is 9.09. The normalized spacial score (nSPS) is 22.1. The summed E-state index contributed by atoms with van der Waals surface area (Å²) < 4.78 is 15.6. The first kappa shape index (κ1) is 8.11. The van der Waals surface area contributed by atoms with Crippen LogP contribution in [0.4, 0.5) is 0 Å². The van der Waals surface area contributed by atoms with E-state index in [0.29, 0.717) is 22.8 Å². The molecule has 14 heavy (non-hydrogen) atoms. The van der Waals surface area contributed by atoms with Gasteiger partial charge in [-0.1, -0.05) is 0 Å². The van der Waals surface area contributed by atoms with Crippen LogP contribution in [0.3, 0.4) is 0 Å². The summed E-state index contributed by atoms with van der Waals surface area (Å²) in [6.07, 6.45) is 0. The number of Topliss-reactive ketones (excluding diaryl/α,β-unsaturated/α-hetero) is 1. The van der Waals surface area contributed by atoms with E-state index in [9.17, 15) is 4.79 Å². The molecule has 0 N–H and O–H groups in total. The molecule has 5 heteroatoms. The number of fused-ring (bicyclic) bond motifs is 2. The van der Waals surface area contributed by atoms with Gasteiger partial charge >= 0.3 is 0 Å². The third kappa shape index (κ3) is 0.957. The minimum Gasteiger partial charge on any atom is -0.470 e. The molecule has 3 rings (SSSR count). The predicted molar refractivity (Wildman–Crippen MR) is 50.2 cm³/mol. The molecular weight excluding hydrogens is 252 g/mol. The van der Waals surface area contributed by atoms with Crippen LogP contribution in [0.5, 0.6) is 17.2 Å². The SMILES string of the molecule is O=C1c2cc3c(cc2OC1Br)OCO3. The topological polar surface area (TPSA) is 44.8 Å². The fourth-order valence-electron chi connectivity index (χ4n) is 1.50. The summed E-state index contributed by atoms with van der Waals surface area (Å²) in [5.74, 6) is 1.68. The molecule has 1 aromatic rings. The van der Waals surface area contributed by atoms with E-state index in [-0.39, 0.29) is 12.6 Å². The number of hydrogen-bond acceptors (Lipinski definition) is 4. The van der Waals surface area contributed by atoms with Gasteiger partial charge < -0.3 is 14.2 Å². The Morgan fingerprint density at radius 1 is 1.21 bits per heavy atom. The fourth-order valence-corrected chi connectivity index (χ4v) is 1.95. The van der Waals surface area contributed by atoms with E-state index in [4.69, 9.17) is 14.2 Å². The number of halogens is 1. The molecule has 0 bridgehead atoms. The number of alkyl halides is 1. The van der Waals surface area contributed by atoms with Crippen LogP contribution in [-0.2, 0) is 0 Å². The molecular formula is C9H5BrO4. The van der Waals surface area contributed by atoms with Crippen molar-refractivity contribution in [2.24, 2.45) is 0 Å². The van der Waals surface area contributed by atoms with Crippen molar-refractivity contribution in [2.75, 3.05) is 6.79 Å². The lowest BCUT2D eigenvalue weighted by atomic mass is 10.1. The van der Waals surface area contributed by atoms with Crippen LogP contribution in [0.15, 0.2) is 12.1 Å². The third-order valence-corrected chi connectivity index (χ3v) is 2.78. The molecule has 0 aliphatic carbocycles. The molecule has 72 valence electrons. The van der Waals surface area contributed by atoms with Gasteiger partial charge in [-0.15, -0.1) is 0 Å². The lowest BCUT2D eigenvalue weighted by Crippen LogP contribution is -2.10. The zero-order valence-corrected chi connectivity index (χ0v) is 8.54. The zero-order valence-electron chi connectivity index (χ0n) is 6.95. The minimum atomic E-state index is -0.583. The van der Waals surface area contributed by atoms with Gasteiger partial charge in [0.05, 0.1) is 5.56 Å². The molecule has 1 unspecified atom stereocenters. The largest absolute Gasteiger partial charge is 0.470 e. The van der Waals surface area contributed by atoms with Crippen molar-refractivity contribution in [3.63, 3.8) is 0 Å². The standard InChI is InChI=1S/C9H5BrO4/c10-9-8(11)4-1-6-7(13-3-12-6)2-5(4)14-9/h1-2,9H,3H2. The molecule has 0 radical (unpaired) electrons. The van der Waals surface area contributed by atoms with Crippen LogP contribution < -0.4 is 14.2 Å². The van der Waals surface area contributed by atoms with E-state index >= 15 is 0 Å². The second-order valence-corrected chi connectivity index (χ2v) is 3.83. The molecule has 2 heterocycles. The van der Waals surface area contributed by atoms with Gasteiger partial charge in [-0.2, -0.15) is 0 Å². The first-order chi connectivity index (χ1) is 6.75. The summed E-state index contributed by atoms with van der Waals surface area (Å²) in [7, 11) is 0. The molecule has 1 atom stereocenters. The number of carbonyl (C=O) groups is 1. The summed E-state index contributed by atoms with van der Waals surface area (Å²) in [6.45, 7) is 0.199. The average Bonchev–Trinajstić information content (AvgIpc) is 2.70. The van der Waals surface area contributed by atoms with E-state index in [1.807, 2.05) is 0 Å². The lowest BCUT2D eigenvalue weighted by molar-refractivity contribution is 0.0941. The van der Waals surface area contributed by atoms with E-state index < -0.39 is 5.01 Å². The highest BCUT2D eigenvalue weighted by atomic mass is 79.9. The van der Waals surface area contributed by atoms with Crippen LogP contribution in [-0.4, -0.2) is 17.6 Å². The van der Waals surface area contributed by atoms with Crippen LogP contribution in [0.1, 0.15) is 10.4 Å². The maximum Gasteiger partial charge on any atom is 0.231 e. The summed E-state index contributed by atoms with van der Waals surface area (Å²) >= 11 is 3.12. The zero-order chi connectivity index (χ0) is 9.71. The monoisotopic (exact) mass is 256 g/mol. The molecule has 1 aromatic carbocycles. The van der Waals surface area contributed by atoms with Crippen LogP contribution in [0.2, 0.25) is 0 Å². The van der Waals surface area contributed by atoms with E-state index in [1.54, 1.807) is 12.1 Å². The van der Waals surface area contributed by atoms with Crippen molar-refractivity contribution in [1.82, 2.24) is 0 Å². The van der Waals surface area contributed by atoms with Crippen molar-refractivity contribution >= 4 is 21.7 Å². The van der Waals surface area contributed by atoms with Crippen molar-refractivity contribution in [3.8, 4) is 17.2 Å². The average molecular weight is 257 g/mol. The molecule has 2 aliphatic rings. The lowest BCUT2D eigenvalue weighted by Gasteiger charge is -2.00. The number of ketones is 1. The Labute approximate surface area is 87.9 Å². The van der Waals surface area contributed by atoms with Gasteiger partial charge in [-0.3, -0.25) is 4.79 Å². The van der Waals surface area contributed by atoms with Crippen LogP contribution in [0, 0.1) is 0 Å². The molecule has 0 saturated heterocycles. The van der Waals surface area contributed by atoms with E-state index in [2.05, 4.69) is 15.9 Å². The number of hydrogen-bond donors (Lipinski definition) is 0. The van der Waals surface area contributed by atoms with Crippen LogP contribution >= 0.6 is 15.9 Å². The number of benzene rings is 1. The van der Waals surface area contributed by atoms with Crippen molar-refractivity contribution in [3.05, 3.63) is 17.7 Å².